The number of ether oxygens (including phenoxy) is 2. The van der Waals surface area contributed by atoms with Crippen LogP contribution in [0, 0.1) is 17.2 Å². The molecule has 5 rings (SSSR count). The summed E-state index contributed by atoms with van der Waals surface area (Å²) in [5.74, 6) is 0.0615. The van der Waals surface area contributed by atoms with Gasteiger partial charge in [0.1, 0.15) is 12.4 Å². The zero-order chi connectivity index (χ0) is 25.7. The first-order valence-corrected chi connectivity index (χ1v) is 13.2. The summed E-state index contributed by atoms with van der Waals surface area (Å²) in [6, 6.07) is 12.8. The van der Waals surface area contributed by atoms with Crippen molar-refractivity contribution in [2.45, 2.75) is 77.2 Å². The van der Waals surface area contributed by atoms with Crippen molar-refractivity contribution in [2.75, 3.05) is 18.1 Å². The Morgan fingerprint density at radius 1 is 1.19 bits per heavy atom. The second kappa shape index (κ2) is 9.20. The molecule has 0 spiro atoms. The maximum absolute atomic E-state index is 13.6. The van der Waals surface area contributed by atoms with E-state index in [1.54, 1.807) is 12.1 Å². The fraction of sp³-hybridized carbons (Fsp3) is 0.533. The summed E-state index contributed by atoms with van der Waals surface area (Å²) in [5, 5.41) is 0. The van der Waals surface area contributed by atoms with E-state index >= 15 is 0 Å². The molecule has 1 saturated heterocycles. The molecular formula is C30H36FNO4. The van der Waals surface area contributed by atoms with E-state index in [1.165, 1.54) is 33.7 Å². The number of nitrogens with zero attached hydrogens (tertiary/aromatic N) is 1. The molecule has 0 aromatic heterocycles. The summed E-state index contributed by atoms with van der Waals surface area (Å²) in [6.45, 7) is 9.06. The molecule has 2 aromatic carbocycles. The predicted molar refractivity (Wildman–Crippen MR) is 137 cm³/mol. The molecule has 5 nitrogen and oxygen atoms in total. The number of carbonyl (C=O) groups excluding carboxylic acids is 2. The molecule has 0 bridgehead atoms. The average Bonchev–Trinajstić information content (AvgIpc) is 3.22. The summed E-state index contributed by atoms with van der Waals surface area (Å²) in [6.07, 6.45) is 3.63. The minimum absolute atomic E-state index is 0.00372. The van der Waals surface area contributed by atoms with Crippen molar-refractivity contribution in [3.63, 3.8) is 0 Å². The lowest BCUT2D eigenvalue weighted by atomic mass is 9.49. The van der Waals surface area contributed by atoms with Crippen molar-refractivity contribution in [1.29, 1.82) is 0 Å². The second-order valence-electron chi connectivity index (χ2n) is 11.5. The molecule has 2 unspecified atom stereocenters. The molecule has 1 heterocycles. The Morgan fingerprint density at radius 2 is 2.00 bits per heavy atom. The Morgan fingerprint density at radius 3 is 2.75 bits per heavy atom. The zero-order valence-corrected chi connectivity index (χ0v) is 21.7. The third-order valence-corrected chi connectivity index (χ3v) is 8.90. The van der Waals surface area contributed by atoms with E-state index in [2.05, 4.69) is 45.9 Å². The van der Waals surface area contributed by atoms with E-state index in [9.17, 15) is 14.0 Å². The number of aryl methyl sites for hydroxylation is 1. The predicted octanol–water partition coefficient (Wildman–Crippen LogP) is 6.53. The standard InChI is InChI=1S/C30H36FNO4/c1-19(2)20-9-11-25-21(15-20)10-12-26-29(25,3)13-6-14-30(26,4)27(33)35-18-24-17-32(28(34)36-24)23-8-5-7-22(31)16-23/h5,7-9,11,15-16,19,24,26H,6,10,12-14,17-18H2,1-4H3/t24?,26?,29-,30-/m1/s1. The minimum Gasteiger partial charge on any atom is -0.461 e. The molecule has 0 radical (unpaired) electrons. The molecule has 192 valence electrons. The lowest BCUT2D eigenvalue weighted by Gasteiger charge is -2.54. The van der Waals surface area contributed by atoms with Gasteiger partial charge in [-0.25, -0.2) is 9.18 Å². The first-order chi connectivity index (χ1) is 17.1. The maximum Gasteiger partial charge on any atom is 0.414 e. The van der Waals surface area contributed by atoms with Gasteiger partial charge in [-0.05, 0) is 84.7 Å². The SMILES string of the molecule is CC(C)c1ccc2c(c1)CCC1[C@](C)(C(=O)OCC3CN(c4cccc(F)c4)C(=O)O3)CCC[C@]21C. The number of amides is 1. The first kappa shape index (κ1) is 24.8. The van der Waals surface area contributed by atoms with Gasteiger partial charge in [0.25, 0.3) is 0 Å². The molecule has 3 aliphatic rings. The van der Waals surface area contributed by atoms with Crippen LogP contribution in [0.15, 0.2) is 42.5 Å². The van der Waals surface area contributed by atoms with Gasteiger partial charge in [-0.15, -0.1) is 0 Å². The molecule has 2 aromatic rings. The molecule has 0 N–H and O–H groups in total. The number of carbonyl (C=O) groups is 2. The molecule has 1 amide bonds. The van der Waals surface area contributed by atoms with Crippen LogP contribution in [-0.4, -0.2) is 31.3 Å². The van der Waals surface area contributed by atoms with E-state index in [-0.39, 0.29) is 30.5 Å². The number of esters is 1. The number of hydrogen-bond acceptors (Lipinski definition) is 4. The fourth-order valence-electron chi connectivity index (χ4n) is 6.91. The topological polar surface area (TPSA) is 55.8 Å². The lowest BCUT2D eigenvalue weighted by molar-refractivity contribution is -0.166. The van der Waals surface area contributed by atoms with Gasteiger partial charge in [-0.3, -0.25) is 9.69 Å². The van der Waals surface area contributed by atoms with Crippen LogP contribution < -0.4 is 4.90 Å². The molecule has 1 aliphatic heterocycles. The molecule has 2 aliphatic carbocycles. The Kier molecular flexibility index (Phi) is 6.34. The molecule has 36 heavy (non-hydrogen) atoms. The number of fused-ring (bicyclic) bond motifs is 3. The van der Waals surface area contributed by atoms with Crippen LogP contribution in [0.4, 0.5) is 14.9 Å². The van der Waals surface area contributed by atoms with Crippen LogP contribution in [0.25, 0.3) is 0 Å². The Labute approximate surface area is 213 Å². The summed E-state index contributed by atoms with van der Waals surface area (Å²) in [4.78, 5) is 27.3. The van der Waals surface area contributed by atoms with E-state index in [1.807, 2.05) is 0 Å². The Hall–Kier alpha value is -2.89. The fourth-order valence-corrected chi connectivity index (χ4v) is 6.91. The van der Waals surface area contributed by atoms with Crippen molar-refractivity contribution in [1.82, 2.24) is 0 Å². The number of hydrogen-bond donors (Lipinski definition) is 0. The van der Waals surface area contributed by atoms with Gasteiger partial charge < -0.3 is 9.47 Å². The van der Waals surface area contributed by atoms with Gasteiger partial charge in [0.15, 0.2) is 6.10 Å². The quantitative estimate of drug-likeness (QED) is 0.445. The maximum atomic E-state index is 13.6. The Balaban J connectivity index is 1.29. The second-order valence-corrected chi connectivity index (χ2v) is 11.5. The third kappa shape index (κ3) is 4.18. The summed E-state index contributed by atoms with van der Waals surface area (Å²) in [7, 11) is 0. The van der Waals surface area contributed by atoms with E-state index in [0.29, 0.717) is 11.6 Å². The number of halogens is 1. The highest BCUT2D eigenvalue weighted by atomic mass is 19.1. The summed E-state index contributed by atoms with van der Waals surface area (Å²) in [5.41, 5.74) is 3.96. The van der Waals surface area contributed by atoms with Crippen LogP contribution in [0.3, 0.4) is 0 Å². The summed E-state index contributed by atoms with van der Waals surface area (Å²) >= 11 is 0. The highest BCUT2D eigenvalue weighted by Gasteiger charge is 2.56. The number of rotatable bonds is 5. The summed E-state index contributed by atoms with van der Waals surface area (Å²) < 4.78 is 24.9. The highest BCUT2D eigenvalue weighted by molar-refractivity contribution is 5.89. The highest BCUT2D eigenvalue weighted by Crippen LogP contribution is 2.57. The monoisotopic (exact) mass is 493 g/mol. The van der Waals surface area contributed by atoms with Crippen LogP contribution in [0.5, 0.6) is 0 Å². The van der Waals surface area contributed by atoms with Crippen LogP contribution in [-0.2, 0) is 26.1 Å². The lowest BCUT2D eigenvalue weighted by Crippen LogP contribution is -2.53. The normalized spacial score (nSPS) is 29.5. The number of anilines is 1. The average molecular weight is 494 g/mol. The minimum atomic E-state index is -0.591. The zero-order valence-electron chi connectivity index (χ0n) is 21.7. The van der Waals surface area contributed by atoms with Gasteiger partial charge in [0, 0.05) is 0 Å². The van der Waals surface area contributed by atoms with E-state index in [0.717, 1.165) is 32.1 Å². The van der Waals surface area contributed by atoms with Crippen molar-refractivity contribution < 1.29 is 23.5 Å². The van der Waals surface area contributed by atoms with Crippen molar-refractivity contribution in [2.24, 2.45) is 11.3 Å². The van der Waals surface area contributed by atoms with Crippen LogP contribution in [0.2, 0.25) is 0 Å². The van der Waals surface area contributed by atoms with E-state index in [4.69, 9.17) is 9.47 Å². The van der Waals surface area contributed by atoms with Crippen molar-refractivity contribution in [3.05, 3.63) is 65.0 Å². The molecule has 6 heteroatoms. The van der Waals surface area contributed by atoms with Gasteiger partial charge >= 0.3 is 12.1 Å². The number of cyclic esters (lactones) is 1. The van der Waals surface area contributed by atoms with E-state index < -0.39 is 23.4 Å². The van der Waals surface area contributed by atoms with Crippen molar-refractivity contribution >= 4 is 17.7 Å². The largest absolute Gasteiger partial charge is 0.461 e. The van der Waals surface area contributed by atoms with Gasteiger partial charge in [0.05, 0.1) is 17.6 Å². The van der Waals surface area contributed by atoms with Crippen molar-refractivity contribution in [3.8, 4) is 0 Å². The number of benzene rings is 2. The molecule has 1 saturated carbocycles. The van der Waals surface area contributed by atoms with Gasteiger partial charge in [-0.1, -0.05) is 51.5 Å². The third-order valence-electron chi connectivity index (χ3n) is 8.90. The van der Waals surface area contributed by atoms with Crippen LogP contribution in [0.1, 0.15) is 76.0 Å². The Bertz CT molecular complexity index is 1180. The smallest absolute Gasteiger partial charge is 0.414 e. The molecule has 2 fully saturated rings. The first-order valence-electron chi connectivity index (χ1n) is 13.2. The molecule has 4 atom stereocenters. The van der Waals surface area contributed by atoms with Crippen LogP contribution >= 0.6 is 0 Å². The van der Waals surface area contributed by atoms with Gasteiger partial charge in [0.2, 0.25) is 0 Å². The van der Waals surface area contributed by atoms with Gasteiger partial charge in [-0.2, -0.15) is 0 Å². The molecular weight excluding hydrogens is 457 g/mol.